The molecule has 1 fully saturated rings. The number of fused-ring (bicyclic) bond motifs is 1. The van der Waals surface area contributed by atoms with Crippen molar-refractivity contribution in [1.29, 1.82) is 0 Å². The van der Waals surface area contributed by atoms with Crippen molar-refractivity contribution in [2.75, 3.05) is 5.75 Å². The van der Waals surface area contributed by atoms with E-state index in [2.05, 4.69) is 5.32 Å². The fourth-order valence-corrected chi connectivity index (χ4v) is 5.36. The van der Waals surface area contributed by atoms with Gasteiger partial charge in [0.15, 0.2) is 0 Å². The molecule has 0 saturated carbocycles. The summed E-state index contributed by atoms with van der Waals surface area (Å²) in [5, 5.41) is 11.6. The maximum atomic E-state index is 12.8. The average molecular weight is 487 g/mol. The van der Waals surface area contributed by atoms with Gasteiger partial charge in [0, 0.05) is 11.3 Å². The summed E-state index contributed by atoms with van der Waals surface area (Å²) in [6.45, 7) is 0. The first-order valence-corrected chi connectivity index (χ1v) is 12.1. The van der Waals surface area contributed by atoms with Crippen molar-refractivity contribution in [1.82, 2.24) is 10.2 Å². The molecule has 2 aliphatic heterocycles. The van der Waals surface area contributed by atoms with Gasteiger partial charge >= 0.3 is 5.97 Å². The topological polar surface area (TPSA) is 95.9 Å². The van der Waals surface area contributed by atoms with Crippen LogP contribution in [0.5, 0.6) is 5.75 Å². The van der Waals surface area contributed by atoms with Gasteiger partial charge in [0.1, 0.15) is 29.0 Å². The van der Waals surface area contributed by atoms with E-state index in [1.54, 1.807) is 24.3 Å². The van der Waals surface area contributed by atoms with Crippen molar-refractivity contribution in [2.45, 2.75) is 17.5 Å². The molecule has 2 unspecified atom stereocenters. The number of carboxylic acids is 1. The highest BCUT2D eigenvalue weighted by Crippen LogP contribution is 2.37. The highest BCUT2D eigenvalue weighted by atomic mass is 32.2. The largest absolute Gasteiger partial charge is 0.481 e. The third kappa shape index (κ3) is 4.52. The Morgan fingerprint density at radius 1 is 0.943 bits per heavy atom. The van der Waals surface area contributed by atoms with Crippen LogP contribution < -0.4 is 10.1 Å². The number of carboxylic acid groups (broad SMARTS) is 1. The average Bonchev–Trinajstić information content (AvgIpc) is 2.91. The van der Waals surface area contributed by atoms with Gasteiger partial charge in [0.2, 0.25) is 0 Å². The Bertz CT molecular complexity index is 1240. The number of amides is 2. The molecule has 0 radical (unpaired) electrons. The van der Waals surface area contributed by atoms with Crippen molar-refractivity contribution in [3.63, 3.8) is 0 Å². The zero-order valence-electron chi connectivity index (χ0n) is 18.5. The Kier molecular flexibility index (Phi) is 6.29. The van der Waals surface area contributed by atoms with E-state index in [0.717, 1.165) is 11.1 Å². The highest BCUT2D eigenvalue weighted by molar-refractivity contribution is 8.00. The van der Waals surface area contributed by atoms with Crippen molar-refractivity contribution < 1.29 is 24.2 Å². The SMILES string of the molecule is O=C(O)C1=CCSC2C(NC(=O)c3ccc(OC(c4ccccc4)c4ccccc4)cc3)C(=O)N12. The van der Waals surface area contributed by atoms with E-state index >= 15 is 0 Å². The zero-order chi connectivity index (χ0) is 24.4. The van der Waals surface area contributed by atoms with Crippen LogP contribution in [0.2, 0.25) is 0 Å². The Labute approximate surface area is 206 Å². The van der Waals surface area contributed by atoms with Crippen LogP contribution in [0.3, 0.4) is 0 Å². The molecule has 2 atom stereocenters. The number of hydrogen-bond acceptors (Lipinski definition) is 5. The Morgan fingerprint density at radius 3 is 2.11 bits per heavy atom. The number of β-lactam (4-membered cyclic amide) rings is 1. The van der Waals surface area contributed by atoms with Crippen molar-refractivity contribution in [3.8, 4) is 5.75 Å². The smallest absolute Gasteiger partial charge is 0.352 e. The van der Waals surface area contributed by atoms with Crippen LogP contribution in [-0.2, 0) is 9.59 Å². The van der Waals surface area contributed by atoms with Crippen LogP contribution in [0.4, 0.5) is 0 Å². The minimum absolute atomic E-state index is 0.0304. The number of ether oxygens (including phenoxy) is 1. The summed E-state index contributed by atoms with van der Waals surface area (Å²) in [6, 6.07) is 25.8. The number of rotatable bonds is 7. The second-order valence-corrected chi connectivity index (χ2v) is 9.27. The number of aliphatic carboxylic acids is 1. The fraction of sp³-hybridized carbons (Fsp3) is 0.148. The van der Waals surface area contributed by atoms with Crippen LogP contribution in [0.15, 0.2) is 96.7 Å². The first-order valence-electron chi connectivity index (χ1n) is 11.1. The lowest BCUT2D eigenvalue weighted by Gasteiger charge is -2.48. The molecule has 2 heterocycles. The molecule has 1 saturated heterocycles. The van der Waals surface area contributed by atoms with Gasteiger partial charge in [-0.3, -0.25) is 14.5 Å². The molecule has 7 nitrogen and oxygen atoms in total. The lowest BCUT2D eigenvalue weighted by molar-refractivity contribution is -0.148. The first-order chi connectivity index (χ1) is 17.0. The van der Waals surface area contributed by atoms with E-state index in [4.69, 9.17) is 4.74 Å². The van der Waals surface area contributed by atoms with Gasteiger partial charge < -0.3 is 15.2 Å². The van der Waals surface area contributed by atoms with Gasteiger partial charge in [-0.25, -0.2) is 4.79 Å². The Morgan fingerprint density at radius 2 is 1.54 bits per heavy atom. The molecule has 2 amide bonds. The number of nitrogens with zero attached hydrogens (tertiary/aromatic N) is 1. The van der Waals surface area contributed by atoms with Gasteiger partial charge in [-0.05, 0) is 41.5 Å². The summed E-state index contributed by atoms with van der Waals surface area (Å²) >= 11 is 1.42. The predicted molar refractivity (Wildman–Crippen MR) is 132 cm³/mol. The summed E-state index contributed by atoms with van der Waals surface area (Å²) in [5.41, 5.74) is 2.37. The summed E-state index contributed by atoms with van der Waals surface area (Å²) in [7, 11) is 0. The van der Waals surface area contributed by atoms with E-state index in [0.29, 0.717) is 17.1 Å². The van der Waals surface area contributed by atoms with E-state index in [1.165, 1.54) is 22.7 Å². The van der Waals surface area contributed by atoms with Gasteiger partial charge in [-0.1, -0.05) is 60.7 Å². The second kappa shape index (κ2) is 9.68. The summed E-state index contributed by atoms with van der Waals surface area (Å²) in [6.07, 6.45) is 1.20. The molecule has 3 aromatic carbocycles. The molecule has 0 bridgehead atoms. The molecule has 2 aliphatic rings. The monoisotopic (exact) mass is 486 g/mol. The van der Waals surface area contributed by atoms with Crippen LogP contribution >= 0.6 is 11.8 Å². The molecule has 0 spiro atoms. The lowest BCUT2D eigenvalue weighted by atomic mass is 10.0. The normalized spacial score (nSPS) is 18.8. The molecule has 3 aromatic rings. The van der Waals surface area contributed by atoms with Gasteiger partial charge in [-0.15, -0.1) is 11.8 Å². The third-order valence-electron chi connectivity index (χ3n) is 5.93. The van der Waals surface area contributed by atoms with E-state index in [9.17, 15) is 19.5 Å². The number of nitrogens with one attached hydrogen (secondary N) is 1. The third-order valence-corrected chi connectivity index (χ3v) is 7.11. The number of carbonyl (C=O) groups excluding carboxylic acids is 2. The summed E-state index contributed by atoms with van der Waals surface area (Å²) in [4.78, 5) is 37.9. The van der Waals surface area contributed by atoms with E-state index in [-0.39, 0.29) is 11.8 Å². The maximum Gasteiger partial charge on any atom is 0.352 e. The molecular formula is C27H22N2O5S. The molecule has 176 valence electrons. The minimum atomic E-state index is -1.15. The number of carbonyl (C=O) groups is 3. The van der Waals surface area contributed by atoms with Crippen LogP contribution in [-0.4, -0.2) is 45.0 Å². The summed E-state index contributed by atoms with van der Waals surface area (Å²) in [5.74, 6) is -0.891. The Hall–Kier alpha value is -4.04. The Balaban J connectivity index is 1.27. The zero-order valence-corrected chi connectivity index (χ0v) is 19.4. The second-order valence-electron chi connectivity index (χ2n) is 8.12. The first kappa shape index (κ1) is 22.7. The van der Waals surface area contributed by atoms with Crippen molar-refractivity contribution in [2.24, 2.45) is 0 Å². The quantitative estimate of drug-likeness (QED) is 0.493. The molecule has 0 aromatic heterocycles. The van der Waals surface area contributed by atoms with E-state index < -0.39 is 29.2 Å². The van der Waals surface area contributed by atoms with Crippen molar-refractivity contribution >= 4 is 29.5 Å². The van der Waals surface area contributed by atoms with Gasteiger partial charge in [-0.2, -0.15) is 0 Å². The summed E-state index contributed by atoms with van der Waals surface area (Å²) < 4.78 is 6.30. The predicted octanol–water partition coefficient (Wildman–Crippen LogP) is 3.84. The van der Waals surface area contributed by atoms with Crippen molar-refractivity contribution in [3.05, 3.63) is 113 Å². The maximum absolute atomic E-state index is 12.8. The lowest BCUT2D eigenvalue weighted by Crippen LogP contribution is -2.70. The van der Waals surface area contributed by atoms with Gasteiger partial charge in [0.25, 0.3) is 11.8 Å². The molecule has 5 rings (SSSR count). The molecule has 0 aliphatic carbocycles. The standard InChI is InChI=1S/C27H22N2O5S/c30-24(28-22-25(31)29-21(27(32)33)15-16-35-26(22)29)19-11-13-20(14-12-19)34-23(17-7-3-1-4-8-17)18-9-5-2-6-10-18/h1-15,22-23,26H,16H2,(H,28,30)(H,32,33). The van der Waals surface area contributed by atoms with Crippen LogP contribution in [0.1, 0.15) is 27.6 Å². The molecular weight excluding hydrogens is 464 g/mol. The van der Waals surface area contributed by atoms with Gasteiger partial charge in [0.05, 0.1) is 0 Å². The molecule has 8 heteroatoms. The molecule has 2 N–H and O–H groups in total. The van der Waals surface area contributed by atoms with Crippen LogP contribution in [0, 0.1) is 0 Å². The number of thioether (sulfide) groups is 1. The van der Waals surface area contributed by atoms with E-state index in [1.807, 2.05) is 60.7 Å². The van der Waals surface area contributed by atoms with Crippen LogP contribution in [0.25, 0.3) is 0 Å². The highest BCUT2D eigenvalue weighted by Gasteiger charge is 2.52. The molecule has 35 heavy (non-hydrogen) atoms. The fourth-order valence-electron chi connectivity index (χ4n) is 4.17. The number of benzene rings is 3. The number of hydrogen-bond donors (Lipinski definition) is 2. The minimum Gasteiger partial charge on any atom is -0.481 e.